The molecule has 0 amide bonds. The quantitative estimate of drug-likeness (QED) is 0.279. The van der Waals surface area contributed by atoms with Crippen LogP contribution in [0.5, 0.6) is 0 Å². The van der Waals surface area contributed by atoms with Gasteiger partial charge in [0.15, 0.2) is 0 Å². The molecule has 0 aliphatic rings. The molecule has 0 rings (SSSR count). The number of hydrogen-bond acceptors (Lipinski definition) is 1. The minimum absolute atomic E-state index is 0. The van der Waals surface area contributed by atoms with Gasteiger partial charge in [-0.1, -0.05) is 96.8 Å². The molecule has 2 nitrogen and oxygen atoms in total. The van der Waals surface area contributed by atoms with Gasteiger partial charge < -0.3 is 5.11 Å². The van der Waals surface area contributed by atoms with Crippen LogP contribution in [0.2, 0.25) is 0 Å². The molecule has 0 heterocycles. The molecular weight excluding hydrogens is 337 g/mol. The molecule has 0 fully saturated rings. The van der Waals surface area contributed by atoms with Crippen molar-refractivity contribution in [3.8, 4) is 0 Å². The monoisotopic (exact) mass is 372 g/mol. The molecule has 0 radical (unpaired) electrons. The van der Waals surface area contributed by atoms with Crippen LogP contribution in [0.25, 0.3) is 0 Å². The summed E-state index contributed by atoms with van der Waals surface area (Å²) in [5, 5.41) is 8.52. The second-order valence-corrected chi connectivity index (χ2v) is 6.09. The minimum atomic E-state index is -0.653. The van der Waals surface area contributed by atoms with E-state index in [-0.39, 0.29) is 49.0 Å². The molecule has 124 valence electrons. The molecule has 0 bridgehead atoms. The molecule has 1 N–H and O–H groups in total. The molecule has 0 aliphatic carbocycles. The predicted molar refractivity (Wildman–Crippen MR) is 94.3 cm³/mol. The maximum atomic E-state index is 10.3. The van der Waals surface area contributed by atoms with E-state index in [9.17, 15) is 4.79 Å². The Morgan fingerprint density at radius 2 is 0.909 bits per heavy atom. The number of carboxylic acids is 1. The molecule has 0 saturated heterocycles. The first-order chi connectivity index (χ1) is 9.77. The van der Waals surface area contributed by atoms with Crippen molar-refractivity contribution in [1.29, 1.82) is 0 Å². The van der Waals surface area contributed by atoms with E-state index in [1.54, 1.807) is 0 Å². The van der Waals surface area contributed by atoms with Gasteiger partial charge in [-0.3, -0.25) is 4.79 Å². The molecule has 0 aromatic carbocycles. The zero-order valence-corrected chi connectivity index (χ0v) is 17.3. The Morgan fingerprint density at radius 3 is 1.18 bits per heavy atom. The van der Waals surface area contributed by atoms with Crippen LogP contribution in [0.4, 0.5) is 0 Å². The molecule has 0 saturated carbocycles. The minimum Gasteiger partial charge on any atom is 0 e. The largest absolute Gasteiger partial charge is 0 e. The number of aliphatic carboxylic acids is 1. The zero-order valence-electron chi connectivity index (χ0n) is 14.4. The van der Waals surface area contributed by atoms with Gasteiger partial charge in [-0.15, -0.1) is 0 Å². The number of carboxylic acid groups (broad SMARTS) is 1. The van der Waals surface area contributed by atoms with E-state index in [1.807, 2.05) is 0 Å². The third-order valence-corrected chi connectivity index (χ3v) is 3.99. The van der Waals surface area contributed by atoms with E-state index in [4.69, 9.17) is 5.11 Å². The van der Waals surface area contributed by atoms with Crippen LogP contribution in [0.3, 0.4) is 0 Å². The van der Waals surface area contributed by atoms with Crippen LogP contribution < -0.4 is 0 Å². The summed E-state index contributed by atoms with van der Waals surface area (Å²) in [7, 11) is 0. The molecule has 0 aromatic heterocycles. The Morgan fingerprint density at radius 1 is 0.636 bits per heavy atom. The van der Waals surface area contributed by atoms with E-state index < -0.39 is 5.97 Å². The fraction of sp³-hybridized carbons (Fsp3) is 0.944. The number of rotatable bonds is 16. The average Bonchev–Trinajstić information content (AvgIpc) is 2.43. The van der Waals surface area contributed by atoms with Crippen LogP contribution in [-0.2, 0) is 24.3 Å². The van der Waals surface area contributed by atoms with Gasteiger partial charge in [-0.25, -0.2) is 0 Å². The summed E-state index contributed by atoms with van der Waals surface area (Å²) in [5.41, 5.74) is 0. The molecule has 0 aliphatic heterocycles. The van der Waals surface area contributed by atoms with Crippen LogP contribution in [0, 0.1) is 0 Å². The summed E-state index contributed by atoms with van der Waals surface area (Å²) in [6, 6.07) is 0. The molecule has 22 heavy (non-hydrogen) atoms. The van der Waals surface area contributed by atoms with Crippen molar-refractivity contribution in [3.63, 3.8) is 0 Å². The van der Waals surface area contributed by atoms with Crippen LogP contribution >= 0.6 is 0 Å². The molecule has 4 heteroatoms. The van der Waals surface area contributed by atoms with Crippen molar-refractivity contribution in [2.75, 3.05) is 0 Å². The van der Waals surface area contributed by atoms with Gasteiger partial charge in [0.1, 0.15) is 0 Å². The second kappa shape index (κ2) is 24.3. The Hall–Kier alpha value is 1.09. The van der Waals surface area contributed by atoms with Gasteiger partial charge in [0, 0.05) is 25.9 Å². The van der Waals surface area contributed by atoms with E-state index in [2.05, 4.69) is 6.92 Å². The predicted octanol–water partition coefficient (Wildman–Crippen LogP) is 5.68. The molecular formula is C18H37NaO2Zn. The number of unbranched alkanes of at least 4 members (excludes halogenated alkanes) is 14. The fourth-order valence-electron chi connectivity index (χ4n) is 2.65. The number of hydrogen-bond donors (Lipinski definition) is 1. The van der Waals surface area contributed by atoms with Gasteiger partial charge in [-0.05, 0) is 6.42 Å². The van der Waals surface area contributed by atoms with E-state index in [1.165, 1.54) is 83.5 Å². The summed E-state index contributed by atoms with van der Waals surface area (Å²) < 4.78 is 0. The Kier molecular flexibility index (Phi) is 30.9. The molecule has 0 spiro atoms. The smallest absolute Gasteiger partial charge is 0 e. The first kappa shape index (κ1) is 27.9. The topological polar surface area (TPSA) is 37.3 Å². The number of carbonyl (C=O) groups is 1. The third kappa shape index (κ3) is 26.0. The van der Waals surface area contributed by atoms with E-state index in [0.29, 0.717) is 6.42 Å². The van der Waals surface area contributed by atoms with Gasteiger partial charge in [0.2, 0.25) is 0 Å². The van der Waals surface area contributed by atoms with Gasteiger partial charge in [-0.2, -0.15) is 0 Å². The van der Waals surface area contributed by atoms with E-state index >= 15 is 0 Å². The Labute approximate surface area is 173 Å². The molecule has 0 aromatic rings. The third-order valence-electron chi connectivity index (χ3n) is 3.99. The first-order valence-corrected chi connectivity index (χ1v) is 8.99. The van der Waals surface area contributed by atoms with Gasteiger partial charge >= 0.3 is 35.5 Å². The average molecular weight is 374 g/mol. The van der Waals surface area contributed by atoms with Crippen LogP contribution in [0.1, 0.15) is 110 Å². The van der Waals surface area contributed by atoms with Crippen molar-refractivity contribution in [2.24, 2.45) is 0 Å². The standard InChI is InChI=1S/C18H36O2.Na.Zn.H/c1-2-3-4-5-6-7-8-9-10-11-12-13-14-15-16-17-18(19)20;;;/h2-17H2,1H3,(H,19,20);;;. The summed E-state index contributed by atoms with van der Waals surface area (Å²) in [6.45, 7) is 2.27. The summed E-state index contributed by atoms with van der Waals surface area (Å²) >= 11 is 0. The van der Waals surface area contributed by atoms with Crippen molar-refractivity contribution < 1.29 is 29.4 Å². The normalized spacial score (nSPS) is 9.86. The summed E-state index contributed by atoms with van der Waals surface area (Å²) in [5.74, 6) is -0.653. The summed E-state index contributed by atoms with van der Waals surface area (Å²) in [4.78, 5) is 10.3. The van der Waals surface area contributed by atoms with Crippen molar-refractivity contribution in [1.82, 2.24) is 0 Å². The first-order valence-electron chi connectivity index (χ1n) is 8.99. The SMILES string of the molecule is CCCCCCCCCCCCCCCCCC(=O)O.[NaH].[Zn]. The Bertz CT molecular complexity index is 213. The van der Waals surface area contributed by atoms with Crippen LogP contribution in [-0.4, -0.2) is 40.6 Å². The van der Waals surface area contributed by atoms with Crippen molar-refractivity contribution >= 4 is 35.5 Å². The molecule has 0 atom stereocenters. The second-order valence-electron chi connectivity index (χ2n) is 6.09. The zero-order chi connectivity index (χ0) is 14.9. The Balaban J connectivity index is -0.00000180. The fourth-order valence-corrected chi connectivity index (χ4v) is 2.65. The maximum Gasteiger partial charge on any atom is 0 e. The van der Waals surface area contributed by atoms with Crippen LogP contribution in [0.15, 0.2) is 0 Å². The summed E-state index contributed by atoms with van der Waals surface area (Å²) in [6.07, 6.45) is 20.2. The van der Waals surface area contributed by atoms with Gasteiger partial charge in [0.25, 0.3) is 0 Å². The van der Waals surface area contributed by atoms with E-state index in [0.717, 1.165) is 12.8 Å². The van der Waals surface area contributed by atoms with Gasteiger partial charge in [0.05, 0.1) is 0 Å². The maximum absolute atomic E-state index is 10.3. The molecule has 0 unspecified atom stereocenters. The van der Waals surface area contributed by atoms with Crippen molar-refractivity contribution in [2.45, 2.75) is 110 Å². The van der Waals surface area contributed by atoms with Crippen molar-refractivity contribution in [3.05, 3.63) is 0 Å².